The monoisotopic (exact) mass is 276 g/mol. The van der Waals surface area contributed by atoms with Crippen LogP contribution < -0.4 is 0 Å². The minimum Gasteiger partial charge on any atom is -0.358 e. The second-order valence-electron chi connectivity index (χ2n) is 4.32. The number of unbranched alkanes of at least 4 members (excludes halogenated alkanes) is 2. The highest BCUT2D eigenvalue weighted by atomic mass is 32.1. The molecule has 0 aromatic heterocycles. The summed E-state index contributed by atoms with van der Waals surface area (Å²) >= 11 is 4.74. The van der Waals surface area contributed by atoms with Crippen molar-refractivity contribution in [1.82, 2.24) is 4.90 Å². The number of amides is 1. The van der Waals surface area contributed by atoms with Crippen molar-refractivity contribution < 1.29 is 14.3 Å². The van der Waals surface area contributed by atoms with Crippen LogP contribution in [0.1, 0.15) is 53.4 Å². The van der Waals surface area contributed by atoms with Gasteiger partial charge in [0.05, 0.1) is 0 Å². The predicted molar refractivity (Wildman–Crippen MR) is 75.5 cm³/mol. The number of hydrogen-bond acceptors (Lipinski definition) is 3. The maximum atomic E-state index is 11.5. The van der Waals surface area contributed by atoms with Crippen molar-refractivity contribution >= 4 is 17.9 Å². The topological polar surface area (TPSA) is 38.8 Å². The van der Waals surface area contributed by atoms with Crippen LogP contribution in [-0.2, 0) is 9.47 Å². The highest BCUT2D eigenvalue weighted by Gasteiger charge is 2.25. The highest BCUT2D eigenvalue weighted by Crippen LogP contribution is 2.13. The molecule has 0 fully saturated rings. The van der Waals surface area contributed by atoms with Gasteiger partial charge in [-0.25, -0.2) is 0 Å². The molecule has 4 nitrogen and oxygen atoms in total. The summed E-state index contributed by atoms with van der Waals surface area (Å²) < 4.78 is 11.2. The van der Waals surface area contributed by atoms with E-state index in [0.717, 1.165) is 25.7 Å². The van der Waals surface area contributed by atoms with Crippen LogP contribution in [0.2, 0.25) is 0 Å². The lowest BCUT2D eigenvalue weighted by molar-refractivity contribution is -0.110. The average molecular weight is 276 g/mol. The van der Waals surface area contributed by atoms with Crippen LogP contribution in [0.4, 0.5) is 4.79 Å². The van der Waals surface area contributed by atoms with Gasteiger partial charge in [-0.05, 0) is 39.3 Å². The second-order valence-corrected chi connectivity index (χ2v) is 4.67. The first-order chi connectivity index (χ1) is 8.54. The van der Waals surface area contributed by atoms with Crippen LogP contribution in [0.25, 0.3) is 0 Å². The Morgan fingerprint density at radius 1 is 1.06 bits per heavy atom. The number of ether oxygens (including phenoxy) is 2. The Bertz CT molecular complexity index is 210. The first-order valence-electron chi connectivity index (χ1n) is 6.77. The summed E-state index contributed by atoms with van der Waals surface area (Å²) in [6, 6.07) is 0. The van der Waals surface area contributed by atoms with Crippen LogP contribution in [0, 0.1) is 0 Å². The zero-order valence-electron chi connectivity index (χ0n) is 12.0. The van der Waals surface area contributed by atoms with Gasteiger partial charge >= 0.3 is 5.24 Å². The molecule has 107 valence electrons. The summed E-state index contributed by atoms with van der Waals surface area (Å²) in [4.78, 5) is 12.9. The van der Waals surface area contributed by atoms with Gasteiger partial charge in [-0.2, -0.15) is 0 Å². The van der Waals surface area contributed by atoms with E-state index < -0.39 is 5.24 Å². The fraction of sp³-hybridized carbons (Fsp3) is 0.923. The van der Waals surface area contributed by atoms with Gasteiger partial charge in [0, 0.05) is 13.2 Å². The third-order valence-electron chi connectivity index (χ3n) is 2.71. The number of carbonyl (C=O) groups is 1. The molecule has 0 aliphatic rings. The zero-order chi connectivity index (χ0) is 14.0. The molecule has 0 saturated heterocycles. The minimum absolute atomic E-state index is 0.335. The predicted octanol–water partition coefficient (Wildman–Crippen LogP) is 3.93. The smallest absolute Gasteiger partial charge is 0.317 e. The molecule has 0 aromatic carbocycles. The lowest BCUT2D eigenvalue weighted by Gasteiger charge is -2.32. The molecule has 0 aliphatic heterocycles. The molecule has 0 heterocycles. The summed E-state index contributed by atoms with van der Waals surface area (Å²) in [5.74, 6) is 0. The Kier molecular flexibility index (Phi) is 10.3. The number of carbonyl (C=O) groups excluding carboxylic acids is 1. The Hall–Kier alpha value is -0.390. The zero-order valence-corrected chi connectivity index (χ0v) is 12.8. The largest absolute Gasteiger partial charge is 0.358 e. The van der Waals surface area contributed by atoms with Crippen molar-refractivity contribution in [3.05, 3.63) is 0 Å². The Balaban J connectivity index is 4.21. The molecule has 1 radical (unpaired) electrons. The fourth-order valence-corrected chi connectivity index (χ4v) is 1.85. The maximum absolute atomic E-state index is 11.5. The summed E-state index contributed by atoms with van der Waals surface area (Å²) in [6.07, 6.45) is 3.43. The van der Waals surface area contributed by atoms with Crippen molar-refractivity contribution in [3.8, 4) is 0 Å². The van der Waals surface area contributed by atoms with E-state index in [1.54, 1.807) is 0 Å². The molecule has 2 atom stereocenters. The number of nitrogens with zero attached hydrogens (tertiary/aromatic N) is 1. The SMILES string of the molecule is CCCCOC(C)N(C(=O)[S])C(C)OCCCC. The molecule has 1 amide bonds. The number of hydrogen-bond donors (Lipinski definition) is 0. The normalized spacial score (nSPS) is 14.2. The average Bonchev–Trinajstić information content (AvgIpc) is 2.29. The van der Waals surface area contributed by atoms with Crippen molar-refractivity contribution in [1.29, 1.82) is 0 Å². The lowest BCUT2D eigenvalue weighted by atomic mass is 10.3. The van der Waals surface area contributed by atoms with Gasteiger partial charge in [0.25, 0.3) is 0 Å². The van der Waals surface area contributed by atoms with E-state index in [1.165, 1.54) is 4.90 Å². The molecular formula is C13H26NO3S. The van der Waals surface area contributed by atoms with Crippen LogP contribution in [0.5, 0.6) is 0 Å². The summed E-state index contributed by atoms with van der Waals surface area (Å²) in [5, 5.41) is -0.428. The third kappa shape index (κ3) is 7.13. The van der Waals surface area contributed by atoms with Gasteiger partial charge in [0.2, 0.25) is 0 Å². The van der Waals surface area contributed by atoms with Gasteiger partial charge < -0.3 is 9.47 Å². The highest BCUT2D eigenvalue weighted by molar-refractivity contribution is 7.96. The lowest BCUT2D eigenvalue weighted by Crippen LogP contribution is -2.45. The van der Waals surface area contributed by atoms with Crippen molar-refractivity contribution in [2.75, 3.05) is 13.2 Å². The van der Waals surface area contributed by atoms with Gasteiger partial charge in [-0.15, -0.1) is 0 Å². The van der Waals surface area contributed by atoms with Gasteiger partial charge in [-0.1, -0.05) is 26.7 Å². The molecule has 18 heavy (non-hydrogen) atoms. The van der Waals surface area contributed by atoms with E-state index in [2.05, 4.69) is 13.8 Å². The van der Waals surface area contributed by atoms with E-state index in [-0.39, 0.29) is 12.5 Å². The van der Waals surface area contributed by atoms with Crippen molar-refractivity contribution in [3.63, 3.8) is 0 Å². The van der Waals surface area contributed by atoms with Gasteiger partial charge in [0.15, 0.2) is 0 Å². The Morgan fingerprint density at radius 2 is 1.44 bits per heavy atom. The van der Waals surface area contributed by atoms with Crippen LogP contribution >= 0.6 is 12.6 Å². The van der Waals surface area contributed by atoms with Crippen LogP contribution in [0.15, 0.2) is 0 Å². The van der Waals surface area contributed by atoms with Crippen molar-refractivity contribution in [2.45, 2.75) is 65.8 Å². The molecule has 2 unspecified atom stereocenters. The van der Waals surface area contributed by atoms with E-state index in [9.17, 15) is 4.79 Å². The van der Waals surface area contributed by atoms with E-state index in [1.807, 2.05) is 13.8 Å². The molecule has 0 saturated carbocycles. The summed E-state index contributed by atoms with van der Waals surface area (Å²) in [7, 11) is 0. The van der Waals surface area contributed by atoms with Crippen LogP contribution in [-0.4, -0.2) is 35.8 Å². The third-order valence-corrected chi connectivity index (χ3v) is 2.92. The van der Waals surface area contributed by atoms with E-state index in [0.29, 0.717) is 13.2 Å². The molecule has 0 spiro atoms. The molecule has 0 N–H and O–H groups in total. The maximum Gasteiger partial charge on any atom is 0.317 e. The molecule has 0 aromatic rings. The van der Waals surface area contributed by atoms with E-state index in [4.69, 9.17) is 22.1 Å². The summed E-state index contributed by atoms with van der Waals surface area (Å²) in [6.45, 7) is 9.14. The molecular weight excluding hydrogens is 250 g/mol. The molecule has 0 rings (SSSR count). The number of rotatable bonds is 10. The second kappa shape index (κ2) is 10.5. The van der Waals surface area contributed by atoms with Crippen LogP contribution in [0.3, 0.4) is 0 Å². The first-order valence-corrected chi connectivity index (χ1v) is 7.17. The molecule has 0 aliphatic carbocycles. The minimum atomic E-state index is -0.428. The van der Waals surface area contributed by atoms with E-state index >= 15 is 0 Å². The first kappa shape index (κ1) is 17.6. The quantitative estimate of drug-likeness (QED) is 0.448. The molecule has 0 bridgehead atoms. The Morgan fingerprint density at radius 3 is 1.72 bits per heavy atom. The molecule has 5 heteroatoms. The Labute approximate surface area is 116 Å². The summed E-state index contributed by atoms with van der Waals surface area (Å²) in [5.41, 5.74) is 0. The van der Waals surface area contributed by atoms with Crippen molar-refractivity contribution in [2.24, 2.45) is 0 Å². The van der Waals surface area contributed by atoms with Gasteiger partial charge in [-0.3, -0.25) is 9.69 Å². The van der Waals surface area contributed by atoms with Gasteiger partial charge in [0.1, 0.15) is 12.5 Å². The standard InChI is InChI=1S/C13H26NO3S/c1-5-7-9-16-11(3)14(13(15)18)12(4)17-10-8-6-2/h11-12H,5-10H2,1-4H3. The fourth-order valence-electron chi connectivity index (χ4n) is 1.55.